The molecule has 4 rings (SSSR count). The number of aryl methyl sites for hydroxylation is 1. The number of nitrogens with zero attached hydrogens (tertiary/aromatic N) is 5. The minimum absolute atomic E-state index is 0.246. The number of halogens is 5. The van der Waals surface area contributed by atoms with Crippen LogP contribution in [0.4, 0.5) is 22.0 Å². The van der Waals surface area contributed by atoms with E-state index in [0.717, 1.165) is 12.3 Å². The molecule has 0 bridgehead atoms. The first kappa shape index (κ1) is 16.6. The fourth-order valence-electron chi connectivity index (χ4n) is 2.57. The third-order valence-corrected chi connectivity index (χ3v) is 4.15. The Kier molecular flexibility index (Phi) is 3.40. The number of alkyl halides is 4. The fraction of sp³-hybridized carbons (Fsp3) is 0.333. The molecule has 11 heteroatoms. The van der Waals surface area contributed by atoms with E-state index in [4.69, 9.17) is 0 Å². The smallest absolute Gasteiger partial charge is 0.346 e. The molecule has 1 saturated carbocycles. The van der Waals surface area contributed by atoms with E-state index in [1.807, 2.05) is 0 Å². The number of pyridine rings is 1. The van der Waals surface area contributed by atoms with Crippen molar-refractivity contribution in [3.05, 3.63) is 36.3 Å². The summed E-state index contributed by atoms with van der Waals surface area (Å²) in [5.41, 5.74) is 1.07. The van der Waals surface area contributed by atoms with Crippen LogP contribution in [-0.2, 0) is 0 Å². The summed E-state index contributed by atoms with van der Waals surface area (Å²) >= 11 is 0. The van der Waals surface area contributed by atoms with Gasteiger partial charge in [0.05, 0.1) is 18.3 Å². The standard InChI is InChI=1S/C15H10F5N5O/c1-7-23-24-12-5-21-10(6-25(7)12)8-2-9(16)13(22-4-8)26-11-3-14(17,18)15(11,19)20/h2,4-6,11H,3H2,1H3. The summed E-state index contributed by atoms with van der Waals surface area (Å²) in [6.07, 6.45) is 0.811. The monoisotopic (exact) mass is 371 g/mol. The van der Waals surface area contributed by atoms with Crippen LogP contribution in [0.25, 0.3) is 16.9 Å². The molecule has 0 amide bonds. The van der Waals surface area contributed by atoms with Gasteiger partial charge in [-0.05, 0) is 13.0 Å². The molecule has 3 aromatic rings. The molecule has 1 aliphatic rings. The lowest BCUT2D eigenvalue weighted by Gasteiger charge is -2.42. The second-order valence-corrected chi connectivity index (χ2v) is 5.90. The van der Waals surface area contributed by atoms with Crippen molar-refractivity contribution in [1.82, 2.24) is 24.6 Å². The van der Waals surface area contributed by atoms with Crippen LogP contribution in [0, 0.1) is 12.7 Å². The zero-order chi connectivity index (χ0) is 18.7. The molecule has 1 aliphatic carbocycles. The molecule has 0 radical (unpaired) electrons. The molecule has 1 atom stereocenters. The van der Waals surface area contributed by atoms with Crippen LogP contribution in [0.1, 0.15) is 12.2 Å². The molecule has 3 aromatic heterocycles. The van der Waals surface area contributed by atoms with Crippen LogP contribution in [0.5, 0.6) is 5.88 Å². The molecular formula is C15H10F5N5O. The quantitative estimate of drug-likeness (QED) is 0.662. The van der Waals surface area contributed by atoms with Crippen LogP contribution >= 0.6 is 0 Å². The van der Waals surface area contributed by atoms with Gasteiger partial charge in [0.15, 0.2) is 17.6 Å². The lowest BCUT2D eigenvalue weighted by molar-refractivity contribution is -0.324. The molecule has 6 nitrogen and oxygen atoms in total. The van der Waals surface area contributed by atoms with Crippen molar-refractivity contribution in [2.45, 2.75) is 31.3 Å². The Labute approximate surface area is 142 Å². The second-order valence-electron chi connectivity index (χ2n) is 5.90. The van der Waals surface area contributed by atoms with E-state index in [2.05, 4.69) is 24.9 Å². The van der Waals surface area contributed by atoms with Gasteiger partial charge in [0.1, 0.15) is 5.82 Å². The molecule has 0 aliphatic heterocycles. The number of hydrogen-bond acceptors (Lipinski definition) is 5. The summed E-state index contributed by atoms with van der Waals surface area (Å²) in [7, 11) is 0. The van der Waals surface area contributed by atoms with Crippen LogP contribution in [0.2, 0.25) is 0 Å². The predicted octanol–water partition coefficient (Wildman–Crippen LogP) is 3.06. The first-order chi connectivity index (χ1) is 12.2. The van der Waals surface area contributed by atoms with Gasteiger partial charge in [-0.1, -0.05) is 0 Å². The third-order valence-electron chi connectivity index (χ3n) is 4.15. The molecule has 136 valence electrons. The van der Waals surface area contributed by atoms with Crippen molar-refractivity contribution in [3.63, 3.8) is 0 Å². The van der Waals surface area contributed by atoms with Crippen molar-refractivity contribution in [1.29, 1.82) is 0 Å². The van der Waals surface area contributed by atoms with Gasteiger partial charge in [-0.3, -0.25) is 9.38 Å². The Hall–Kier alpha value is -2.85. The molecule has 1 unspecified atom stereocenters. The number of fused-ring (bicyclic) bond motifs is 1. The average Bonchev–Trinajstić information content (AvgIpc) is 2.96. The lowest BCUT2D eigenvalue weighted by atomic mass is 9.85. The molecule has 0 aromatic carbocycles. The highest BCUT2D eigenvalue weighted by Crippen LogP contribution is 2.52. The first-order valence-corrected chi connectivity index (χ1v) is 7.44. The van der Waals surface area contributed by atoms with Crippen LogP contribution in [-0.4, -0.2) is 42.5 Å². The highest BCUT2D eigenvalue weighted by Gasteiger charge is 2.73. The SMILES string of the molecule is Cc1nnc2cnc(-c3cnc(OC4CC(F)(F)C4(F)F)c(F)c3)cn12. The summed E-state index contributed by atoms with van der Waals surface area (Å²) in [5.74, 6) is -9.76. The van der Waals surface area contributed by atoms with E-state index in [9.17, 15) is 22.0 Å². The van der Waals surface area contributed by atoms with Gasteiger partial charge in [-0.25, -0.2) is 9.37 Å². The predicted molar refractivity (Wildman–Crippen MR) is 77.6 cm³/mol. The Morgan fingerprint density at radius 2 is 1.92 bits per heavy atom. The summed E-state index contributed by atoms with van der Waals surface area (Å²) < 4.78 is 72.6. The van der Waals surface area contributed by atoms with Gasteiger partial charge in [0.2, 0.25) is 0 Å². The van der Waals surface area contributed by atoms with Crippen molar-refractivity contribution in [3.8, 4) is 17.1 Å². The van der Waals surface area contributed by atoms with Crippen molar-refractivity contribution in [2.75, 3.05) is 0 Å². The van der Waals surface area contributed by atoms with Gasteiger partial charge in [-0.15, -0.1) is 10.2 Å². The highest BCUT2D eigenvalue weighted by atomic mass is 19.3. The topological polar surface area (TPSA) is 65.2 Å². The summed E-state index contributed by atoms with van der Waals surface area (Å²) in [5, 5.41) is 7.73. The molecular weight excluding hydrogens is 361 g/mol. The van der Waals surface area contributed by atoms with Crippen LogP contribution in [0.3, 0.4) is 0 Å². The fourth-order valence-corrected chi connectivity index (χ4v) is 2.57. The van der Waals surface area contributed by atoms with Gasteiger partial charge in [0.25, 0.3) is 5.88 Å². The minimum atomic E-state index is -4.36. The maximum Gasteiger partial charge on any atom is 0.346 e. The van der Waals surface area contributed by atoms with E-state index >= 15 is 0 Å². The van der Waals surface area contributed by atoms with Crippen LogP contribution < -0.4 is 4.74 Å². The zero-order valence-corrected chi connectivity index (χ0v) is 13.1. The van der Waals surface area contributed by atoms with Gasteiger partial charge in [-0.2, -0.15) is 17.6 Å². The Balaban J connectivity index is 1.60. The summed E-state index contributed by atoms with van der Waals surface area (Å²) in [4.78, 5) is 7.73. The molecule has 26 heavy (non-hydrogen) atoms. The van der Waals surface area contributed by atoms with Gasteiger partial charge < -0.3 is 4.74 Å². The van der Waals surface area contributed by atoms with E-state index in [1.54, 1.807) is 17.5 Å². The second kappa shape index (κ2) is 5.32. The molecule has 0 spiro atoms. The number of hydrogen-bond donors (Lipinski definition) is 0. The van der Waals surface area contributed by atoms with E-state index in [-0.39, 0.29) is 5.56 Å². The normalized spacial score (nSPS) is 20.8. The molecule has 0 N–H and O–H groups in total. The molecule has 3 heterocycles. The molecule has 1 fully saturated rings. The van der Waals surface area contributed by atoms with Gasteiger partial charge in [0, 0.05) is 18.0 Å². The number of ether oxygens (including phenoxy) is 1. The van der Waals surface area contributed by atoms with Crippen molar-refractivity contribution in [2.24, 2.45) is 0 Å². The van der Waals surface area contributed by atoms with Crippen molar-refractivity contribution < 1.29 is 26.7 Å². The summed E-state index contributed by atoms with van der Waals surface area (Å²) in [6, 6.07) is 0.977. The maximum absolute atomic E-state index is 14.2. The van der Waals surface area contributed by atoms with Gasteiger partial charge >= 0.3 is 11.8 Å². The Bertz CT molecular complexity index is 1010. The largest absolute Gasteiger partial charge is 0.465 e. The Morgan fingerprint density at radius 3 is 2.58 bits per heavy atom. The van der Waals surface area contributed by atoms with Crippen LogP contribution in [0.15, 0.2) is 24.7 Å². The van der Waals surface area contributed by atoms with Crippen molar-refractivity contribution >= 4 is 5.65 Å². The zero-order valence-electron chi connectivity index (χ0n) is 13.1. The van der Waals surface area contributed by atoms with E-state index in [0.29, 0.717) is 17.2 Å². The maximum atomic E-state index is 14.2. The summed E-state index contributed by atoms with van der Waals surface area (Å²) in [6.45, 7) is 1.72. The van der Waals surface area contributed by atoms with E-state index < -0.39 is 36.1 Å². The third kappa shape index (κ3) is 2.37. The molecule has 0 saturated heterocycles. The van der Waals surface area contributed by atoms with E-state index in [1.165, 1.54) is 6.20 Å². The lowest BCUT2D eigenvalue weighted by Crippen LogP contribution is -2.64. The minimum Gasteiger partial charge on any atom is -0.465 e. The highest BCUT2D eigenvalue weighted by molar-refractivity contribution is 5.59. The number of aromatic nitrogens is 5. The first-order valence-electron chi connectivity index (χ1n) is 7.44. The Morgan fingerprint density at radius 1 is 1.15 bits per heavy atom. The average molecular weight is 371 g/mol. The number of rotatable bonds is 3.